The predicted molar refractivity (Wildman–Crippen MR) is 85.3 cm³/mol. The maximum Gasteiger partial charge on any atom is 0.262 e. The molecule has 0 bridgehead atoms. The van der Waals surface area contributed by atoms with Gasteiger partial charge in [0.05, 0.1) is 11.5 Å². The van der Waals surface area contributed by atoms with Crippen molar-refractivity contribution in [2.75, 3.05) is 26.3 Å². The van der Waals surface area contributed by atoms with Gasteiger partial charge in [0, 0.05) is 40.4 Å². The Bertz CT molecular complexity index is 606. The van der Waals surface area contributed by atoms with E-state index in [0.29, 0.717) is 30.8 Å². The average Bonchev–Trinajstić information content (AvgIpc) is 2.42. The van der Waals surface area contributed by atoms with Crippen LogP contribution in [0.5, 0.6) is 0 Å². The van der Waals surface area contributed by atoms with Crippen LogP contribution in [0.1, 0.15) is 24.2 Å². The molecule has 1 aromatic carbocycles. The number of hydrogen-bond acceptors (Lipinski definition) is 4. The molecule has 0 heterocycles. The molecule has 0 aromatic heterocycles. The quantitative estimate of drug-likeness (QED) is 0.523. The minimum Gasteiger partial charge on any atom is -0.380 e. The predicted octanol–water partition coefficient (Wildman–Crippen LogP) is 2.88. The molecule has 118 valence electrons. The monoisotopic (exact) mass is 397 g/mol. The number of hydrogen-bond donors (Lipinski definition) is 0. The Morgan fingerprint density at radius 2 is 2.05 bits per heavy atom. The summed E-state index contributed by atoms with van der Waals surface area (Å²) in [5, 5.41) is 0. The minimum absolute atomic E-state index is 0.115. The fourth-order valence-electron chi connectivity index (χ4n) is 1.73. The average molecular weight is 399 g/mol. The molecule has 0 fully saturated rings. The summed E-state index contributed by atoms with van der Waals surface area (Å²) in [5.74, 6) is -0.258. The van der Waals surface area contributed by atoms with E-state index in [1.165, 1.54) is 12.1 Å². The van der Waals surface area contributed by atoms with Gasteiger partial charge in [-0.05, 0) is 48.0 Å². The Morgan fingerprint density at radius 3 is 2.57 bits per heavy atom. The second kappa shape index (κ2) is 8.12. The van der Waals surface area contributed by atoms with Crippen LogP contribution in [0.4, 0.5) is 0 Å². The van der Waals surface area contributed by atoms with Gasteiger partial charge in [-0.15, -0.1) is 0 Å². The van der Waals surface area contributed by atoms with E-state index in [1.54, 1.807) is 11.0 Å². The lowest BCUT2D eigenvalue weighted by Crippen LogP contribution is -2.34. The van der Waals surface area contributed by atoms with Crippen molar-refractivity contribution in [1.82, 2.24) is 4.90 Å². The zero-order chi connectivity index (χ0) is 16.0. The molecular formula is C13H17BrClNO4S. The van der Waals surface area contributed by atoms with Crippen molar-refractivity contribution in [3.63, 3.8) is 0 Å². The highest BCUT2D eigenvalue weighted by Crippen LogP contribution is 2.26. The number of amides is 1. The second-order valence-electron chi connectivity index (χ2n) is 4.16. The molecule has 1 aromatic rings. The summed E-state index contributed by atoms with van der Waals surface area (Å²) in [4.78, 5) is 13.8. The van der Waals surface area contributed by atoms with Crippen LogP contribution in [0.15, 0.2) is 27.6 Å². The maximum absolute atomic E-state index is 12.4. The lowest BCUT2D eigenvalue weighted by atomic mass is 10.2. The number of ether oxygens (including phenoxy) is 1. The molecule has 8 heteroatoms. The van der Waals surface area contributed by atoms with Crippen molar-refractivity contribution in [3.05, 3.63) is 28.2 Å². The third-order valence-electron chi connectivity index (χ3n) is 2.82. The molecule has 0 aliphatic heterocycles. The molecule has 5 nitrogen and oxygen atoms in total. The summed E-state index contributed by atoms with van der Waals surface area (Å²) in [7, 11) is 1.44. The van der Waals surface area contributed by atoms with Gasteiger partial charge in [0.2, 0.25) is 0 Å². The first-order valence-corrected chi connectivity index (χ1v) is 9.52. The van der Waals surface area contributed by atoms with E-state index >= 15 is 0 Å². The number of likely N-dealkylation sites (N-methyl/N-ethyl adjacent to an activating group) is 1. The van der Waals surface area contributed by atoms with E-state index in [9.17, 15) is 13.2 Å². The lowest BCUT2D eigenvalue weighted by Gasteiger charge is -2.21. The zero-order valence-corrected chi connectivity index (χ0v) is 15.0. The fourth-order valence-corrected chi connectivity index (χ4v) is 3.85. The fraction of sp³-hybridized carbons (Fsp3) is 0.462. The van der Waals surface area contributed by atoms with Crippen LogP contribution in [-0.4, -0.2) is 45.5 Å². The van der Waals surface area contributed by atoms with E-state index in [1.807, 2.05) is 13.8 Å². The molecule has 0 N–H and O–H groups in total. The smallest absolute Gasteiger partial charge is 0.262 e. The topological polar surface area (TPSA) is 63.7 Å². The van der Waals surface area contributed by atoms with Gasteiger partial charge in [-0.25, -0.2) is 8.42 Å². The maximum atomic E-state index is 12.4. The molecule has 0 saturated heterocycles. The summed E-state index contributed by atoms with van der Waals surface area (Å²) >= 11 is 3.11. The Morgan fingerprint density at radius 1 is 1.38 bits per heavy atom. The van der Waals surface area contributed by atoms with Gasteiger partial charge in [0.1, 0.15) is 0 Å². The van der Waals surface area contributed by atoms with Gasteiger partial charge < -0.3 is 9.64 Å². The molecule has 0 radical (unpaired) electrons. The van der Waals surface area contributed by atoms with Gasteiger partial charge >= 0.3 is 0 Å². The van der Waals surface area contributed by atoms with Crippen molar-refractivity contribution in [2.24, 2.45) is 0 Å². The van der Waals surface area contributed by atoms with Crippen molar-refractivity contribution in [1.29, 1.82) is 0 Å². The van der Waals surface area contributed by atoms with Crippen molar-refractivity contribution >= 4 is 41.6 Å². The Labute approximate surface area is 137 Å². The summed E-state index contributed by atoms with van der Waals surface area (Å²) in [6, 6.07) is 4.33. The SMILES string of the molecule is CCOCCN(CC)C(=O)c1ccc(Br)c(S(=O)(=O)Cl)c1. The van der Waals surface area contributed by atoms with Crippen LogP contribution in [0.25, 0.3) is 0 Å². The highest BCUT2D eigenvalue weighted by Gasteiger charge is 2.20. The standard InChI is InChI=1S/C13H17BrClNO4S/c1-3-16(7-8-20-4-2)13(17)10-5-6-11(14)12(9-10)21(15,18)19/h5-6,9H,3-4,7-8H2,1-2H3. The normalized spacial score (nSPS) is 11.4. The van der Waals surface area contributed by atoms with Crippen LogP contribution in [0.2, 0.25) is 0 Å². The Balaban J connectivity index is 3.01. The third-order valence-corrected chi connectivity index (χ3v) is 5.14. The largest absolute Gasteiger partial charge is 0.380 e. The van der Waals surface area contributed by atoms with Crippen molar-refractivity contribution in [2.45, 2.75) is 18.7 Å². The minimum atomic E-state index is -3.91. The molecule has 0 atom stereocenters. The van der Waals surface area contributed by atoms with Gasteiger partial charge in [-0.2, -0.15) is 0 Å². The molecule has 0 aliphatic carbocycles. The summed E-state index contributed by atoms with van der Waals surface area (Å²) in [6.45, 7) is 5.70. The molecule has 1 amide bonds. The number of rotatable bonds is 7. The van der Waals surface area contributed by atoms with Gasteiger partial charge in [0.15, 0.2) is 0 Å². The van der Waals surface area contributed by atoms with Crippen LogP contribution >= 0.6 is 26.6 Å². The first-order valence-electron chi connectivity index (χ1n) is 6.42. The van der Waals surface area contributed by atoms with E-state index < -0.39 is 9.05 Å². The van der Waals surface area contributed by atoms with Crippen molar-refractivity contribution in [3.8, 4) is 0 Å². The number of halogens is 2. The molecule has 1 rings (SSSR count). The first kappa shape index (κ1) is 18.4. The summed E-state index contributed by atoms with van der Waals surface area (Å²) < 4.78 is 28.5. The Kier molecular flexibility index (Phi) is 7.12. The number of carbonyl (C=O) groups is 1. The van der Waals surface area contributed by atoms with Gasteiger partial charge in [-0.3, -0.25) is 4.79 Å². The van der Waals surface area contributed by atoms with E-state index in [-0.39, 0.29) is 16.4 Å². The number of carbonyl (C=O) groups excluding carboxylic acids is 1. The molecule has 0 saturated carbocycles. The van der Waals surface area contributed by atoms with E-state index in [4.69, 9.17) is 15.4 Å². The zero-order valence-electron chi connectivity index (χ0n) is 11.8. The molecule has 0 aliphatic rings. The van der Waals surface area contributed by atoms with Crippen LogP contribution in [-0.2, 0) is 13.8 Å². The summed E-state index contributed by atoms with van der Waals surface area (Å²) in [5.41, 5.74) is 0.274. The number of nitrogens with zero attached hydrogens (tertiary/aromatic N) is 1. The van der Waals surface area contributed by atoms with E-state index in [2.05, 4.69) is 15.9 Å². The molecule has 0 unspecified atom stereocenters. The molecular weight excluding hydrogens is 382 g/mol. The summed E-state index contributed by atoms with van der Waals surface area (Å²) in [6.07, 6.45) is 0. The highest BCUT2D eigenvalue weighted by molar-refractivity contribution is 9.10. The highest BCUT2D eigenvalue weighted by atomic mass is 79.9. The van der Waals surface area contributed by atoms with Crippen LogP contribution in [0, 0.1) is 0 Å². The van der Waals surface area contributed by atoms with Crippen LogP contribution in [0.3, 0.4) is 0 Å². The second-order valence-corrected chi connectivity index (χ2v) is 7.55. The van der Waals surface area contributed by atoms with Gasteiger partial charge in [0.25, 0.3) is 15.0 Å². The third kappa shape index (κ3) is 5.25. The lowest BCUT2D eigenvalue weighted by molar-refractivity contribution is 0.0669. The molecule has 21 heavy (non-hydrogen) atoms. The van der Waals surface area contributed by atoms with Crippen molar-refractivity contribution < 1.29 is 17.9 Å². The first-order chi connectivity index (χ1) is 9.81. The van der Waals surface area contributed by atoms with E-state index in [0.717, 1.165) is 0 Å². The molecule has 0 spiro atoms. The van der Waals surface area contributed by atoms with Crippen LogP contribution < -0.4 is 0 Å². The van der Waals surface area contributed by atoms with Gasteiger partial charge in [-0.1, -0.05) is 0 Å². The Hall–Kier alpha value is -0.630. The number of benzene rings is 1.